The molecule has 6 nitrogen and oxygen atoms in total. The molecule has 0 heterocycles. The van der Waals surface area contributed by atoms with Crippen LogP contribution < -0.4 is 20.7 Å². The highest BCUT2D eigenvalue weighted by atomic mass is 16.5. The van der Waals surface area contributed by atoms with Gasteiger partial charge in [-0.15, -0.1) is 0 Å². The molecule has 0 bridgehead atoms. The lowest BCUT2D eigenvalue weighted by atomic mass is 10.2. The smallest absolute Gasteiger partial charge is 0.323 e. The number of amides is 3. The van der Waals surface area contributed by atoms with Gasteiger partial charge in [0.05, 0.1) is 11.8 Å². The first-order chi connectivity index (χ1) is 11.4. The minimum atomic E-state index is -0.394. The molecule has 0 aliphatic heterocycles. The average Bonchev–Trinajstić information content (AvgIpc) is 2.48. The van der Waals surface area contributed by atoms with E-state index in [0.29, 0.717) is 22.8 Å². The monoisotopic (exact) mass is 327 g/mol. The average molecular weight is 327 g/mol. The lowest BCUT2D eigenvalue weighted by Crippen LogP contribution is -2.20. The summed E-state index contributed by atoms with van der Waals surface area (Å²) >= 11 is 0. The van der Waals surface area contributed by atoms with E-state index in [1.165, 1.54) is 6.92 Å². The van der Waals surface area contributed by atoms with Crippen molar-refractivity contribution in [3.8, 4) is 5.75 Å². The van der Waals surface area contributed by atoms with E-state index in [9.17, 15) is 9.59 Å². The molecule has 0 saturated heterocycles. The van der Waals surface area contributed by atoms with E-state index in [0.717, 1.165) is 0 Å². The Morgan fingerprint density at radius 3 is 2.25 bits per heavy atom. The Hall–Kier alpha value is -3.02. The van der Waals surface area contributed by atoms with Gasteiger partial charge in [-0.3, -0.25) is 4.79 Å². The van der Waals surface area contributed by atoms with E-state index < -0.39 is 6.03 Å². The minimum Gasteiger partial charge on any atom is -0.489 e. The molecule has 0 fully saturated rings. The molecule has 0 aliphatic rings. The molecule has 3 N–H and O–H groups in total. The normalized spacial score (nSPS) is 10.2. The van der Waals surface area contributed by atoms with Crippen molar-refractivity contribution in [1.29, 1.82) is 0 Å². The number of benzene rings is 2. The van der Waals surface area contributed by atoms with Crippen LogP contribution in [0.2, 0.25) is 0 Å². The molecule has 126 valence electrons. The zero-order chi connectivity index (χ0) is 17.5. The number of urea groups is 1. The van der Waals surface area contributed by atoms with Gasteiger partial charge in [0.1, 0.15) is 5.75 Å². The van der Waals surface area contributed by atoms with Gasteiger partial charge < -0.3 is 20.7 Å². The van der Waals surface area contributed by atoms with E-state index in [1.54, 1.807) is 36.4 Å². The van der Waals surface area contributed by atoms with E-state index in [1.807, 2.05) is 26.0 Å². The second kappa shape index (κ2) is 8.01. The van der Waals surface area contributed by atoms with Crippen molar-refractivity contribution >= 4 is 29.0 Å². The fourth-order valence-electron chi connectivity index (χ4n) is 2.09. The summed E-state index contributed by atoms with van der Waals surface area (Å²) in [4.78, 5) is 23.3. The summed E-state index contributed by atoms with van der Waals surface area (Å²) in [6, 6.07) is 13.7. The molecule has 3 amide bonds. The number of hydrogen-bond acceptors (Lipinski definition) is 3. The molecule has 2 aromatic rings. The topological polar surface area (TPSA) is 79.5 Å². The summed E-state index contributed by atoms with van der Waals surface area (Å²) in [6.45, 7) is 5.27. The van der Waals surface area contributed by atoms with Gasteiger partial charge in [-0.2, -0.15) is 0 Å². The molecule has 0 spiro atoms. The van der Waals surface area contributed by atoms with E-state index in [-0.39, 0.29) is 12.0 Å². The first kappa shape index (κ1) is 17.3. The summed E-state index contributed by atoms with van der Waals surface area (Å²) in [5.74, 6) is 0.436. The van der Waals surface area contributed by atoms with E-state index in [2.05, 4.69) is 16.0 Å². The SMILES string of the molecule is CC(=O)Nc1cccc(NC(=O)Nc2ccccc2OC(C)C)c1. The predicted molar refractivity (Wildman–Crippen MR) is 95.6 cm³/mol. The summed E-state index contributed by atoms with van der Waals surface area (Å²) < 4.78 is 5.67. The Labute approximate surface area is 141 Å². The summed E-state index contributed by atoms with van der Waals surface area (Å²) in [5.41, 5.74) is 1.77. The Morgan fingerprint density at radius 1 is 0.917 bits per heavy atom. The molecule has 0 unspecified atom stereocenters. The molecule has 0 atom stereocenters. The van der Waals surface area contributed by atoms with Crippen molar-refractivity contribution in [2.45, 2.75) is 26.9 Å². The maximum absolute atomic E-state index is 12.2. The standard InChI is InChI=1S/C18H21N3O3/c1-12(2)24-17-10-5-4-9-16(17)21-18(23)20-15-8-6-7-14(11-15)19-13(3)22/h4-12H,1-3H3,(H,19,22)(H2,20,21,23). The highest BCUT2D eigenvalue weighted by molar-refractivity contribution is 6.01. The van der Waals surface area contributed by atoms with Crippen molar-refractivity contribution < 1.29 is 14.3 Å². The van der Waals surface area contributed by atoms with Crippen LogP contribution in [0.15, 0.2) is 48.5 Å². The molecule has 0 saturated carbocycles. The predicted octanol–water partition coefficient (Wildman–Crippen LogP) is 4.08. The van der Waals surface area contributed by atoms with Crippen LogP contribution >= 0.6 is 0 Å². The highest BCUT2D eigenvalue weighted by Crippen LogP contribution is 2.25. The number of rotatable bonds is 5. The molecule has 6 heteroatoms. The molecule has 2 rings (SSSR count). The third kappa shape index (κ3) is 5.31. The van der Waals surface area contributed by atoms with Crippen LogP contribution in [0.3, 0.4) is 0 Å². The van der Waals surface area contributed by atoms with Crippen molar-refractivity contribution in [3.63, 3.8) is 0 Å². The van der Waals surface area contributed by atoms with Crippen molar-refractivity contribution in [2.24, 2.45) is 0 Å². The number of para-hydroxylation sites is 2. The molecule has 0 aromatic heterocycles. The largest absolute Gasteiger partial charge is 0.489 e. The van der Waals surface area contributed by atoms with Crippen LogP contribution in [0.25, 0.3) is 0 Å². The maximum atomic E-state index is 12.2. The van der Waals surface area contributed by atoms with Gasteiger partial charge in [0.2, 0.25) is 5.91 Å². The number of nitrogens with one attached hydrogen (secondary N) is 3. The van der Waals surface area contributed by atoms with Crippen molar-refractivity contribution in [3.05, 3.63) is 48.5 Å². The maximum Gasteiger partial charge on any atom is 0.323 e. The highest BCUT2D eigenvalue weighted by Gasteiger charge is 2.09. The van der Waals surface area contributed by atoms with Crippen LogP contribution in [0.5, 0.6) is 5.75 Å². The van der Waals surface area contributed by atoms with Crippen LogP contribution in [0.1, 0.15) is 20.8 Å². The van der Waals surface area contributed by atoms with Gasteiger partial charge in [0.25, 0.3) is 0 Å². The minimum absolute atomic E-state index is 0.00495. The van der Waals surface area contributed by atoms with Gasteiger partial charge >= 0.3 is 6.03 Å². The van der Waals surface area contributed by atoms with Crippen molar-refractivity contribution in [1.82, 2.24) is 0 Å². The summed E-state index contributed by atoms with van der Waals surface area (Å²) in [6.07, 6.45) is 0.00495. The fraction of sp³-hybridized carbons (Fsp3) is 0.222. The van der Waals surface area contributed by atoms with Gasteiger partial charge in [0, 0.05) is 18.3 Å². The van der Waals surface area contributed by atoms with Crippen LogP contribution in [0, 0.1) is 0 Å². The Balaban J connectivity index is 2.05. The zero-order valence-corrected chi connectivity index (χ0v) is 13.9. The van der Waals surface area contributed by atoms with Crippen LogP contribution in [0.4, 0.5) is 21.9 Å². The quantitative estimate of drug-likeness (QED) is 0.774. The fourth-order valence-corrected chi connectivity index (χ4v) is 2.09. The molecular formula is C18H21N3O3. The number of carbonyl (C=O) groups excluding carboxylic acids is 2. The Bertz CT molecular complexity index is 729. The van der Waals surface area contributed by atoms with Crippen LogP contribution in [-0.2, 0) is 4.79 Å². The first-order valence-corrected chi connectivity index (χ1v) is 7.65. The molecule has 0 radical (unpaired) electrons. The molecular weight excluding hydrogens is 306 g/mol. The van der Waals surface area contributed by atoms with Crippen molar-refractivity contribution in [2.75, 3.05) is 16.0 Å². The van der Waals surface area contributed by atoms with Gasteiger partial charge in [-0.25, -0.2) is 4.79 Å². The van der Waals surface area contributed by atoms with E-state index in [4.69, 9.17) is 4.74 Å². The third-order valence-electron chi connectivity index (χ3n) is 2.94. The summed E-state index contributed by atoms with van der Waals surface area (Å²) in [5, 5.41) is 8.16. The van der Waals surface area contributed by atoms with Crippen LogP contribution in [-0.4, -0.2) is 18.0 Å². The molecule has 2 aromatic carbocycles. The number of carbonyl (C=O) groups is 2. The number of anilines is 3. The molecule has 0 aliphatic carbocycles. The molecule has 24 heavy (non-hydrogen) atoms. The summed E-state index contributed by atoms with van der Waals surface area (Å²) in [7, 11) is 0. The number of hydrogen-bond donors (Lipinski definition) is 3. The second-order valence-electron chi connectivity index (χ2n) is 5.50. The van der Waals surface area contributed by atoms with Gasteiger partial charge in [0.15, 0.2) is 0 Å². The zero-order valence-electron chi connectivity index (χ0n) is 13.9. The number of ether oxygens (including phenoxy) is 1. The van der Waals surface area contributed by atoms with Gasteiger partial charge in [-0.05, 0) is 44.2 Å². The Kier molecular flexibility index (Phi) is 5.78. The van der Waals surface area contributed by atoms with E-state index >= 15 is 0 Å². The lowest BCUT2D eigenvalue weighted by molar-refractivity contribution is -0.114. The second-order valence-corrected chi connectivity index (χ2v) is 5.50. The Morgan fingerprint density at radius 2 is 1.58 bits per heavy atom. The first-order valence-electron chi connectivity index (χ1n) is 7.65. The van der Waals surface area contributed by atoms with Gasteiger partial charge in [-0.1, -0.05) is 18.2 Å². The lowest BCUT2D eigenvalue weighted by Gasteiger charge is -2.15. The third-order valence-corrected chi connectivity index (χ3v) is 2.94.